The van der Waals surface area contributed by atoms with Gasteiger partial charge in [-0.2, -0.15) is 10.2 Å². The number of ether oxygens (including phenoxy) is 1. The van der Waals surface area contributed by atoms with Gasteiger partial charge in [0.05, 0.1) is 11.4 Å². The zero-order valence-corrected chi connectivity index (χ0v) is 25.1. The molecule has 3 rings (SSSR count). The summed E-state index contributed by atoms with van der Waals surface area (Å²) < 4.78 is 6.24. The number of carbonyl (C=O) groups is 1. The molecule has 1 aromatic heterocycles. The van der Waals surface area contributed by atoms with Crippen molar-refractivity contribution in [1.82, 2.24) is 15.1 Å². The van der Waals surface area contributed by atoms with Crippen molar-refractivity contribution in [2.24, 2.45) is 0 Å². The summed E-state index contributed by atoms with van der Waals surface area (Å²) in [5.74, 6) is -0.358. The molecule has 0 spiro atoms. The van der Waals surface area contributed by atoms with Crippen molar-refractivity contribution >= 4 is 32.5 Å². The SMILES string of the molecule is CC(=C/C(=O)OC(C)(C)C)/C=C(/Br)c1cc(-c2cc(C)c(/C=C3/CCCN(C)CC3)c(C)c2)nnc1C. The van der Waals surface area contributed by atoms with Gasteiger partial charge >= 0.3 is 5.97 Å². The molecule has 5 nitrogen and oxygen atoms in total. The summed E-state index contributed by atoms with van der Waals surface area (Å²) in [5.41, 5.74) is 9.21. The van der Waals surface area contributed by atoms with Crippen LogP contribution in [0.4, 0.5) is 0 Å². The third kappa shape index (κ3) is 8.47. The number of rotatable bonds is 5. The number of esters is 1. The fraction of sp³-hybridized carbons (Fsp3) is 0.452. The molecule has 1 saturated heterocycles. The Balaban J connectivity index is 1.89. The average molecular weight is 567 g/mol. The minimum absolute atomic E-state index is 0.358. The van der Waals surface area contributed by atoms with Gasteiger partial charge in [0.2, 0.25) is 0 Å². The average Bonchev–Trinajstić information content (AvgIpc) is 2.98. The molecule has 0 saturated carbocycles. The number of aryl methyl sites for hydroxylation is 3. The maximum absolute atomic E-state index is 12.2. The summed E-state index contributed by atoms with van der Waals surface area (Å²) in [6.45, 7) is 16.0. The second kappa shape index (κ2) is 12.3. The molecule has 1 fully saturated rings. The first kappa shape index (κ1) is 29.0. The second-order valence-electron chi connectivity index (χ2n) is 11.1. The van der Waals surface area contributed by atoms with Gasteiger partial charge in [0, 0.05) is 28.2 Å². The lowest BCUT2D eigenvalue weighted by atomic mass is 9.94. The van der Waals surface area contributed by atoms with Crippen molar-refractivity contribution < 1.29 is 9.53 Å². The van der Waals surface area contributed by atoms with Gasteiger partial charge in [0.15, 0.2) is 0 Å². The molecule has 0 unspecified atom stereocenters. The number of hydrogen-bond donors (Lipinski definition) is 0. The molecule has 6 heteroatoms. The van der Waals surface area contributed by atoms with Gasteiger partial charge in [0.1, 0.15) is 5.60 Å². The van der Waals surface area contributed by atoms with Crippen LogP contribution in [0.3, 0.4) is 0 Å². The van der Waals surface area contributed by atoms with Crippen molar-refractivity contribution in [1.29, 1.82) is 0 Å². The molecule has 2 aromatic rings. The molecule has 0 bridgehead atoms. The van der Waals surface area contributed by atoms with Crippen LogP contribution in [0.1, 0.15) is 74.9 Å². The maximum atomic E-state index is 12.2. The zero-order valence-electron chi connectivity index (χ0n) is 23.5. The monoisotopic (exact) mass is 565 g/mol. The van der Waals surface area contributed by atoms with Crippen molar-refractivity contribution in [2.45, 2.75) is 73.3 Å². The largest absolute Gasteiger partial charge is 0.457 e. The first-order valence-electron chi connectivity index (χ1n) is 12.9. The van der Waals surface area contributed by atoms with Crippen LogP contribution in [-0.4, -0.2) is 46.8 Å². The summed E-state index contributed by atoms with van der Waals surface area (Å²) in [5, 5.41) is 8.94. The number of likely N-dealkylation sites (tertiary alicyclic amines) is 1. The van der Waals surface area contributed by atoms with E-state index in [9.17, 15) is 4.79 Å². The van der Waals surface area contributed by atoms with Crippen LogP contribution in [0.5, 0.6) is 0 Å². The maximum Gasteiger partial charge on any atom is 0.331 e. The highest BCUT2D eigenvalue weighted by Gasteiger charge is 2.15. The summed E-state index contributed by atoms with van der Waals surface area (Å²) in [6.07, 6.45) is 9.33. The van der Waals surface area contributed by atoms with E-state index < -0.39 is 5.60 Å². The van der Waals surface area contributed by atoms with E-state index in [0.717, 1.165) is 45.5 Å². The molecule has 1 aliphatic heterocycles. The fourth-order valence-electron chi connectivity index (χ4n) is 4.52. The first-order valence-corrected chi connectivity index (χ1v) is 13.7. The lowest BCUT2D eigenvalue weighted by Gasteiger charge is -2.18. The number of nitrogens with zero attached hydrogens (tertiary/aromatic N) is 3. The Morgan fingerprint density at radius 2 is 1.70 bits per heavy atom. The molecular formula is C31H40BrN3O2. The highest BCUT2D eigenvalue weighted by Crippen LogP contribution is 2.31. The van der Waals surface area contributed by atoms with Gasteiger partial charge in [-0.15, -0.1) is 0 Å². The molecule has 198 valence electrons. The number of aromatic nitrogens is 2. The van der Waals surface area contributed by atoms with Crippen molar-refractivity contribution in [3.8, 4) is 11.3 Å². The summed E-state index contributed by atoms with van der Waals surface area (Å²) in [7, 11) is 2.21. The Bertz CT molecular complexity index is 1230. The van der Waals surface area contributed by atoms with Crippen molar-refractivity contribution in [3.63, 3.8) is 0 Å². The molecule has 1 aromatic carbocycles. The molecule has 1 aliphatic rings. The number of halogens is 1. The third-order valence-electron chi connectivity index (χ3n) is 6.43. The van der Waals surface area contributed by atoms with Crippen LogP contribution in [0.15, 0.2) is 41.5 Å². The first-order chi connectivity index (χ1) is 17.3. The predicted molar refractivity (Wildman–Crippen MR) is 158 cm³/mol. The van der Waals surface area contributed by atoms with Crippen LogP contribution in [0.2, 0.25) is 0 Å². The third-order valence-corrected chi connectivity index (χ3v) is 7.09. The van der Waals surface area contributed by atoms with E-state index in [2.05, 4.69) is 76.2 Å². The van der Waals surface area contributed by atoms with Gasteiger partial charge in [0.25, 0.3) is 0 Å². The van der Waals surface area contributed by atoms with E-state index in [1.807, 2.05) is 40.7 Å². The minimum atomic E-state index is -0.524. The van der Waals surface area contributed by atoms with Crippen LogP contribution < -0.4 is 0 Å². The summed E-state index contributed by atoms with van der Waals surface area (Å²) >= 11 is 3.69. The Morgan fingerprint density at radius 3 is 2.35 bits per heavy atom. The fourth-order valence-corrected chi connectivity index (χ4v) is 5.28. The molecule has 0 N–H and O–H groups in total. The number of allylic oxidation sites excluding steroid dienone is 2. The molecule has 0 amide bonds. The van der Waals surface area contributed by atoms with E-state index in [1.54, 1.807) is 0 Å². The molecule has 2 heterocycles. The molecule has 37 heavy (non-hydrogen) atoms. The van der Waals surface area contributed by atoms with Crippen LogP contribution in [-0.2, 0) is 9.53 Å². The van der Waals surface area contributed by atoms with Gasteiger partial charge < -0.3 is 9.64 Å². The van der Waals surface area contributed by atoms with E-state index >= 15 is 0 Å². The second-order valence-corrected chi connectivity index (χ2v) is 12.0. The lowest BCUT2D eigenvalue weighted by molar-refractivity contribution is -0.148. The van der Waals surface area contributed by atoms with Gasteiger partial charge in [-0.25, -0.2) is 4.79 Å². The number of carbonyl (C=O) groups excluding carboxylic acids is 1. The Morgan fingerprint density at radius 1 is 1.03 bits per heavy atom. The van der Waals surface area contributed by atoms with Gasteiger partial charge in [-0.3, -0.25) is 0 Å². The Hall–Kier alpha value is -2.57. The highest BCUT2D eigenvalue weighted by molar-refractivity contribution is 9.15. The standard InChI is InChI=1S/C31H40BrN3O2/c1-20(15-30(36)37-31(5,6)7)14-28(32)27-19-29(34-33-23(27)4)25-16-21(2)26(22(3)17-25)18-24-10-9-12-35(8)13-11-24/h14-19H,9-13H2,1-8H3/b20-15-,24-18-,28-14+. The molecule has 0 atom stereocenters. The molecule has 0 radical (unpaired) electrons. The Kier molecular flexibility index (Phi) is 9.65. The quantitative estimate of drug-likeness (QED) is 0.212. The summed E-state index contributed by atoms with van der Waals surface area (Å²) in [4.78, 5) is 14.6. The van der Waals surface area contributed by atoms with E-state index in [4.69, 9.17) is 4.74 Å². The lowest BCUT2D eigenvalue weighted by Crippen LogP contribution is -2.22. The van der Waals surface area contributed by atoms with Gasteiger partial charge in [-0.05, 0) is 128 Å². The topological polar surface area (TPSA) is 55.3 Å². The molecular weight excluding hydrogens is 526 g/mol. The van der Waals surface area contributed by atoms with Gasteiger partial charge in [-0.1, -0.05) is 27.6 Å². The highest BCUT2D eigenvalue weighted by atomic mass is 79.9. The van der Waals surface area contributed by atoms with E-state index in [0.29, 0.717) is 0 Å². The number of benzene rings is 1. The summed E-state index contributed by atoms with van der Waals surface area (Å²) in [6, 6.07) is 6.46. The zero-order chi connectivity index (χ0) is 27.3. The normalized spacial score (nSPS) is 17.2. The minimum Gasteiger partial charge on any atom is -0.457 e. The molecule has 0 aliphatic carbocycles. The van der Waals surface area contributed by atoms with Crippen molar-refractivity contribution in [3.05, 3.63) is 69.4 Å². The van der Waals surface area contributed by atoms with E-state index in [-0.39, 0.29) is 5.97 Å². The van der Waals surface area contributed by atoms with Crippen LogP contribution >= 0.6 is 15.9 Å². The Labute approximate surface area is 230 Å². The predicted octanol–water partition coefficient (Wildman–Crippen LogP) is 7.59. The van der Waals surface area contributed by atoms with Crippen LogP contribution in [0, 0.1) is 20.8 Å². The van der Waals surface area contributed by atoms with Crippen LogP contribution in [0.25, 0.3) is 21.8 Å². The van der Waals surface area contributed by atoms with E-state index in [1.165, 1.54) is 47.7 Å². The van der Waals surface area contributed by atoms with Crippen molar-refractivity contribution in [2.75, 3.05) is 20.1 Å². The smallest absolute Gasteiger partial charge is 0.331 e. The number of hydrogen-bond acceptors (Lipinski definition) is 5.